The number of hydrogen-bond acceptors (Lipinski definition) is 2. The van der Waals surface area contributed by atoms with Crippen molar-refractivity contribution in [2.45, 2.75) is 13.8 Å². The molecule has 1 heterocycles. The van der Waals surface area contributed by atoms with E-state index in [1.165, 1.54) is 0 Å². The van der Waals surface area contributed by atoms with Gasteiger partial charge in [0.15, 0.2) is 0 Å². The molecule has 4 nitrogen and oxygen atoms in total. The average Bonchev–Trinajstić information content (AvgIpc) is 2.12. The predicted molar refractivity (Wildman–Crippen MR) is 32.3 cm³/mol. The monoisotopic (exact) mass is 126 g/mol. The molecule has 1 rings (SSSR count). The fourth-order valence-electron chi connectivity index (χ4n) is 0.724. The summed E-state index contributed by atoms with van der Waals surface area (Å²) in [6, 6.07) is 0. The van der Waals surface area contributed by atoms with Gasteiger partial charge >= 0.3 is 0 Å². The number of rotatable bonds is 1. The van der Waals surface area contributed by atoms with Gasteiger partial charge in [-0.15, -0.1) is 10.0 Å². The highest BCUT2D eigenvalue weighted by Crippen LogP contribution is 2.16. The Labute approximate surface area is 52.3 Å². The molecule has 0 radical (unpaired) electrons. The Morgan fingerprint density at radius 1 is 1.56 bits per heavy atom. The van der Waals surface area contributed by atoms with Crippen LogP contribution in [0, 0.1) is 18.8 Å². The van der Waals surface area contributed by atoms with Gasteiger partial charge in [-0.3, -0.25) is 0 Å². The molecule has 4 heteroatoms. The molecule has 0 saturated carbocycles. The van der Waals surface area contributed by atoms with Gasteiger partial charge in [-0.1, -0.05) is 0 Å². The molecule has 0 atom stereocenters. The first-order valence-electron chi connectivity index (χ1n) is 2.66. The highest BCUT2D eigenvalue weighted by Gasteiger charge is 2.10. The van der Waals surface area contributed by atoms with Crippen molar-refractivity contribution >= 4 is 5.69 Å². The summed E-state index contributed by atoms with van der Waals surface area (Å²) in [6.45, 7) is 3.58. The maximum atomic E-state index is 10.0. The van der Waals surface area contributed by atoms with Crippen molar-refractivity contribution in [3.8, 4) is 0 Å². The van der Waals surface area contributed by atoms with E-state index in [0.717, 1.165) is 11.4 Å². The summed E-state index contributed by atoms with van der Waals surface area (Å²) in [5, 5.41) is 8.36. The molecule has 0 unspecified atom stereocenters. The van der Waals surface area contributed by atoms with E-state index in [1.807, 2.05) is 0 Å². The van der Waals surface area contributed by atoms with E-state index in [0.29, 0.717) is 5.69 Å². The molecule has 0 saturated heterocycles. The number of H-pyrrole nitrogens is 2. The SMILES string of the molecule is Cc1[nH][nH+]c(C)c1N=O. The lowest BCUT2D eigenvalue weighted by molar-refractivity contribution is -0.457. The highest BCUT2D eigenvalue weighted by molar-refractivity contribution is 5.42. The summed E-state index contributed by atoms with van der Waals surface area (Å²) in [7, 11) is 0. The van der Waals surface area contributed by atoms with Crippen molar-refractivity contribution in [3.05, 3.63) is 16.3 Å². The molecule has 1 aromatic heterocycles. The molecule has 0 bridgehead atoms. The minimum absolute atomic E-state index is 0.481. The molecule has 1 aromatic rings. The molecule has 0 spiro atoms. The van der Waals surface area contributed by atoms with Gasteiger partial charge in [0.05, 0.1) is 0 Å². The van der Waals surface area contributed by atoms with Crippen molar-refractivity contribution in [1.82, 2.24) is 5.10 Å². The third kappa shape index (κ3) is 0.826. The molecule has 9 heavy (non-hydrogen) atoms. The first kappa shape index (κ1) is 5.94. The minimum Gasteiger partial charge on any atom is -0.170 e. The topological polar surface area (TPSA) is 59.4 Å². The molecule has 0 amide bonds. The van der Waals surface area contributed by atoms with Crippen molar-refractivity contribution in [2.75, 3.05) is 0 Å². The molecule has 0 aliphatic heterocycles. The zero-order valence-electron chi connectivity index (χ0n) is 5.36. The second kappa shape index (κ2) is 1.97. The third-order valence-corrected chi connectivity index (χ3v) is 1.24. The van der Waals surface area contributed by atoms with Crippen molar-refractivity contribution < 1.29 is 5.10 Å². The fourth-order valence-corrected chi connectivity index (χ4v) is 0.724. The predicted octanol–water partition coefficient (Wildman–Crippen LogP) is 0.844. The van der Waals surface area contributed by atoms with E-state index in [2.05, 4.69) is 15.4 Å². The molecule has 48 valence electrons. The van der Waals surface area contributed by atoms with E-state index >= 15 is 0 Å². The smallest absolute Gasteiger partial charge is 0.170 e. The van der Waals surface area contributed by atoms with E-state index in [4.69, 9.17) is 0 Å². The first-order chi connectivity index (χ1) is 4.25. The second-order valence-corrected chi connectivity index (χ2v) is 1.94. The molecular weight excluding hydrogens is 118 g/mol. The summed E-state index contributed by atoms with van der Waals surface area (Å²) in [4.78, 5) is 10.0. The largest absolute Gasteiger partial charge is 0.231 e. The summed E-state index contributed by atoms with van der Waals surface area (Å²) >= 11 is 0. The van der Waals surface area contributed by atoms with Crippen LogP contribution < -0.4 is 5.10 Å². The van der Waals surface area contributed by atoms with Gasteiger partial charge in [0.2, 0.25) is 11.4 Å². The van der Waals surface area contributed by atoms with Crippen LogP contribution in [0.1, 0.15) is 11.4 Å². The maximum Gasteiger partial charge on any atom is 0.231 e. The van der Waals surface area contributed by atoms with Crippen LogP contribution in [0.2, 0.25) is 0 Å². The Kier molecular flexibility index (Phi) is 1.30. The Balaban J connectivity index is 3.22. The molecule has 0 aliphatic carbocycles. The van der Waals surface area contributed by atoms with E-state index in [9.17, 15) is 4.91 Å². The minimum atomic E-state index is 0.481. The standard InChI is InChI=1S/C5H7N3O/c1-3-5(8-9)4(2)7-6-3/h1-2H3,(H,6,7)/p+1. The summed E-state index contributed by atoms with van der Waals surface area (Å²) < 4.78 is 0. The second-order valence-electron chi connectivity index (χ2n) is 1.94. The van der Waals surface area contributed by atoms with Crippen molar-refractivity contribution in [1.29, 1.82) is 0 Å². The molecule has 0 fully saturated rings. The zero-order chi connectivity index (χ0) is 6.85. The van der Waals surface area contributed by atoms with Crippen LogP contribution in [-0.4, -0.2) is 5.10 Å². The quantitative estimate of drug-likeness (QED) is 0.557. The number of nitrogens with zero attached hydrogens (tertiary/aromatic N) is 1. The summed E-state index contributed by atoms with van der Waals surface area (Å²) in [6.07, 6.45) is 0. The van der Waals surface area contributed by atoms with Crippen LogP contribution in [0.3, 0.4) is 0 Å². The van der Waals surface area contributed by atoms with Crippen molar-refractivity contribution in [2.24, 2.45) is 5.18 Å². The molecule has 0 aliphatic rings. The van der Waals surface area contributed by atoms with Gasteiger partial charge in [0, 0.05) is 6.92 Å². The van der Waals surface area contributed by atoms with Gasteiger partial charge < -0.3 is 0 Å². The number of hydrogen-bond donors (Lipinski definition) is 1. The van der Waals surface area contributed by atoms with Gasteiger partial charge in [-0.05, 0) is 12.1 Å². The molecule has 2 N–H and O–H groups in total. The summed E-state index contributed by atoms with van der Waals surface area (Å²) in [5.41, 5.74) is 2.04. The van der Waals surface area contributed by atoms with Crippen LogP contribution in [0.5, 0.6) is 0 Å². The van der Waals surface area contributed by atoms with Gasteiger partial charge in [-0.2, -0.15) is 5.10 Å². The van der Waals surface area contributed by atoms with Gasteiger partial charge in [-0.25, -0.2) is 0 Å². The van der Waals surface area contributed by atoms with Crippen LogP contribution in [0.15, 0.2) is 5.18 Å². The third-order valence-electron chi connectivity index (χ3n) is 1.24. The van der Waals surface area contributed by atoms with E-state index in [-0.39, 0.29) is 0 Å². The lowest BCUT2D eigenvalue weighted by atomic mass is 10.3. The number of aryl methyl sites for hydroxylation is 2. The van der Waals surface area contributed by atoms with E-state index in [1.54, 1.807) is 13.8 Å². The lowest BCUT2D eigenvalue weighted by Gasteiger charge is -1.75. The zero-order valence-corrected chi connectivity index (χ0v) is 5.36. The van der Waals surface area contributed by atoms with Crippen LogP contribution >= 0.6 is 0 Å². The van der Waals surface area contributed by atoms with Crippen molar-refractivity contribution in [3.63, 3.8) is 0 Å². The number of aromatic nitrogens is 2. The van der Waals surface area contributed by atoms with Crippen LogP contribution in [-0.2, 0) is 0 Å². The Bertz CT molecular complexity index is 209. The highest BCUT2D eigenvalue weighted by atomic mass is 16.3. The number of aromatic amines is 2. The normalized spacial score (nSPS) is 9.56. The maximum absolute atomic E-state index is 10.0. The number of nitroso groups, excluding NO2 is 1. The average molecular weight is 126 g/mol. The first-order valence-corrected chi connectivity index (χ1v) is 2.66. The number of nitrogens with one attached hydrogen (secondary N) is 2. The lowest BCUT2D eigenvalue weighted by Crippen LogP contribution is -2.04. The van der Waals surface area contributed by atoms with Gasteiger partial charge in [0.1, 0.15) is 5.69 Å². The molecular formula is C5H8N3O+. The van der Waals surface area contributed by atoms with Gasteiger partial charge in [0.25, 0.3) is 0 Å². The Morgan fingerprint density at radius 3 is 2.44 bits per heavy atom. The van der Waals surface area contributed by atoms with Crippen LogP contribution in [0.25, 0.3) is 0 Å². The summed E-state index contributed by atoms with van der Waals surface area (Å²) in [5.74, 6) is 0. The molecule has 0 aromatic carbocycles. The fraction of sp³-hybridized carbons (Fsp3) is 0.400. The Hall–Kier alpha value is -1.19. The Morgan fingerprint density at radius 2 is 2.22 bits per heavy atom. The van der Waals surface area contributed by atoms with Crippen LogP contribution in [0.4, 0.5) is 5.69 Å². The van der Waals surface area contributed by atoms with E-state index < -0.39 is 0 Å².